The highest BCUT2D eigenvalue weighted by Crippen LogP contribution is 2.65. The Morgan fingerprint density at radius 1 is 1.15 bits per heavy atom. The largest absolute Gasteiger partial charge is 0.482 e. The average Bonchev–Trinajstić information content (AvgIpc) is 3.64. The Morgan fingerprint density at radius 3 is 2.80 bits per heavy atom. The van der Waals surface area contributed by atoms with E-state index in [1.807, 2.05) is 72.8 Å². The third-order valence-electron chi connectivity index (χ3n) is 10.5. The van der Waals surface area contributed by atoms with E-state index in [1.54, 1.807) is 12.5 Å². The van der Waals surface area contributed by atoms with E-state index >= 15 is 0 Å². The Kier molecular flexibility index (Phi) is 7.96. The number of hydrogen-bond acceptors (Lipinski definition) is 7. The first kappa shape index (κ1) is 30.3. The predicted molar refractivity (Wildman–Crippen MR) is 176 cm³/mol. The Bertz CT molecular complexity index is 1810. The summed E-state index contributed by atoms with van der Waals surface area (Å²) >= 11 is 0. The molecule has 3 heterocycles. The number of nitriles is 1. The molecule has 234 valence electrons. The predicted octanol–water partition coefficient (Wildman–Crippen LogP) is 7.04. The highest BCUT2D eigenvalue weighted by Gasteiger charge is 2.68. The van der Waals surface area contributed by atoms with Gasteiger partial charge in [0, 0.05) is 18.0 Å². The number of nitrogens with zero attached hydrogens (tertiary/aromatic N) is 2. The number of rotatable bonds is 9. The van der Waals surface area contributed by atoms with Crippen LogP contribution in [0.5, 0.6) is 0 Å². The molecule has 1 saturated heterocycles. The minimum atomic E-state index is -0.608. The van der Waals surface area contributed by atoms with Crippen LogP contribution in [-0.4, -0.2) is 42.4 Å². The van der Waals surface area contributed by atoms with Crippen molar-refractivity contribution in [2.75, 3.05) is 6.61 Å². The second-order valence-electron chi connectivity index (χ2n) is 13.6. The summed E-state index contributed by atoms with van der Waals surface area (Å²) in [6.45, 7) is 7.05. The maximum Gasteiger partial charge on any atom is 0.482 e. The van der Waals surface area contributed by atoms with Gasteiger partial charge < -0.3 is 23.8 Å². The van der Waals surface area contributed by atoms with Crippen LogP contribution in [0.1, 0.15) is 56.0 Å². The van der Waals surface area contributed by atoms with Crippen LogP contribution in [0.4, 0.5) is 4.79 Å². The third kappa shape index (κ3) is 5.61. The maximum atomic E-state index is 13.3. The fourth-order valence-electron chi connectivity index (χ4n) is 7.86. The lowest BCUT2D eigenvalue weighted by molar-refractivity contribution is -0.199. The standard InChI is InChI=1S/C37H38BN3O5/c1-36(2)28-20-32(36)37(3)33(21-28)45-38(46-37)34(19-27-23-44-31-13-5-4-11-29(27)31)41-35(42)43-16-14-24-9-8-10-25(17-24)18-26(22-39)30-12-6-7-15-40-30/h4-13,15,17-18,23,28,32-34H,14,16,19-21H2,1-3H3,(H,41,42)/t28-,32-,33+,34-,37-/m0/s1. The Morgan fingerprint density at radius 2 is 2.00 bits per heavy atom. The van der Waals surface area contributed by atoms with E-state index in [4.69, 9.17) is 18.5 Å². The molecule has 1 amide bonds. The summed E-state index contributed by atoms with van der Waals surface area (Å²) in [6, 6.07) is 23.4. The van der Waals surface area contributed by atoms with E-state index < -0.39 is 24.8 Å². The lowest BCUT2D eigenvalue weighted by Crippen LogP contribution is -2.65. The van der Waals surface area contributed by atoms with Crippen LogP contribution in [-0.2, 0) is 26.9 Å². The summed E-state index contributed by atoms with van der Waals surface area (Å²) in [5, 5.41) is 13.7. The summed E-state index contributed by atoms with van der Waals surface area (Å²) in [6.07, 6.45) is 7.83. The van der Waals surface area contributed by atoms with E-state index in [0.29, 0.717) is 35.9 Å². The summed E-state index contributed by atoms with van der Waals surface area (Å²) in [4.78, 5) is 17.5. The molecule has 2 aromatic carbocycles. The van der Waals surface area contributed by atoms with E-state index in [-0.39, 0.29) is 18.1 Å². The molecule has 4 aliphatic rings. The van der Waals surface area contributed by atoms with Crippen molar-refractivity contribution in [3.05, 3.63) is 102 Å². The molecule has 9 heteroatoms. The molecule has 0 unspecified atom stereocenters. The lowest BCUT2D eigenvalue weighted by Gasteiger charge is -2.64. The number of pyridine rings is 1. The number of aromatic nitrogens is 1. The van der Waals surface area contributed by atoms with Crippen LogP contribution in [0.3, 0.4) is 0 Å². The minimum Gasteiger partial charge on any atom is -0.464 e. The van der Waals surface area contributed by atoms with Crippen LogP contribution in [0.25, 0.3) is 22.6 Å². The Labute approximate surface area is 269 Å². The van der Waals surface area contributed by atoms with E-state index in [2.05, 4.69) is 37.1 Å². The molecular formula is C37H38BN3O5. The summed E-state index contributed by atoms with van der Waals surface area (Å²) < 4.78 is 24.9. The van der Waals surface area contributed by atoms with Crippen molar-refractivity contribution in [1.82, 2.24) is 10.3 Å². The van der Waals surface area contributed by atoms with Gasteiger partial charge in [0.15, 0.2) is 0 Å². The average molecular weight is 616 g/mol. The number of allylic oxidation sites excluding steroid dienone is 1. The normalized spacial score (nSPS) is 25.3. The van der Waals surface area contributed by atoms with Crippen molar-refractivity contribution in [2.24, 2.45) is 17.3 Å². The van der Waals surface area contributed by atoms with Crippen LogP contribution in [0.2, 0.25) is 0 Å². The first-order chi connectivity index (χ1) is 22.2. The third-order valence-corrected chi connectivity index (χ3v) is 10.5. The molecule has 1 N–H and O–H groups in total. The van der Waals surface area contributed by atoms with Crippen LogP contribution in [0, 0.1) is 28.6 Å². The van der Waals surface area contributed by atoms with Gasteiger partial charge in [-0.2, -0.15) is 5.26 Å². The molecule has 4 aromatic rings. The number of ether oxygens (including phenoxy) is 1. The molecule has 5 atom stereocenters. The van der Waals surface area contributed by atoms with Crippen molar-refractivity contribution in [1.29, 1.82) is 5.26 Å². The fraction of sp³-hybridized carbons (Fsp3) is 0.378. The molecule has 2 bridgehead atoms. The quantitative estimate of drug-likeness (QED) is 0.159. The van der Waals surface area contributed by atoms with Crippen molar-refractivity contribution < 1.29 is 23.3 Å². The zero-order valence-corrected chi connectivity index (χ0v) is 26.4. The van der Waals surface area contributed by atoms with Crippen molar-refractivity contribution >= 4 is 35.8 Å². The van der Waals surface area contributed by atoms with Crippen molar-refractivity contribution in [3.8, 4) is 6.07 Å². The fourth-order valence-corrected chi connectivity index (χ4v) is 7.86. The minimum absolute atomic E-state index is 0.00348. The maximum absolute atomic E-state index is 13.3. The SMILES string of the molecule is CC1(C)[C@@H]2C[C@H]3OB([C@H](Cc4coc5ccccc45)NC(=O)OCCc4cccc(C=C(C#N)c5ccccn5)c4)O[C@@]3(C)[C@H]1C2. The first-order valence-electron chi connectivity index (χ1n) is 16.1. The van der Waals surface area contributed by atoms with Crippen molar-refractivity contribution in [3.63, 3.8) is 0 Å². The van der Waals surface area contributed by atoms with Crippen LogP contribution < -0.4 is 5.32 Å². The molecule has 3 saturated carbocycles. The molecule has 3 aliphatic carbocycles. The van der Waals surface area contributed by atoms with Crippen molar-refractivity contribution in [2.45, 2.75) is 64.1 Å². The molecule has 8 rings (SSSR count). The number of alkyl carbamates (subject to hydrolysis) is 1. The van der Waals surface area contributed by atoms with Gasteiger partial charge in [-0.15, -0.1) is 0 Å². The van der Waals surface area contributed by atoms with Gasteiger partial charge in [-0.3, -0.25) is 4.98 Å². The number of nitrogens with one attached hydrogen (secondary N) is 1. The molecule has 1 aliphatic heterocycles. The van der Waals surface area contributed by atoms with E-state index in [1.165, 1.54) is 0 Å². The lowest BCUT2D eigenvalue weighted by atomic mass is 9.43. The first-order valence-corrected chi connectivity index (χ1v) is 16.1. The molecule has 8 nitrogen and oxygen atoms in total. The second kappa shape index (κ2) is 12.1. The zero-order valence-electron chi connectivity index (χ0n) is 26.4. The second-order valence-corrected chi connectivity index (χ2v) is 13.6. The van der Waals surface area contributed by atoms with Gasteiger partial charge >= 0.3 is 13.2 Å². The van der Waals surface area contributed by atoms with Crippen LogP contribution in [0.15, 0.2) is 83.6 Å². The zero-order chi connectivity index (χ0) is 31.9. The number of amides is 1. The molecule has 0 radical (unpaired) electrons. The van der Waals surface area contributed by atoms with Gasteiger partial charge in [-0.25, -0.2) is 4.79 Å². The molecular weight excluding hydrogens is 577 g/mol. The Hall–Kier alpha value is -4.39. The molecule has 2 aromatic heterocycles. The van der Waals surface area contributed by atoms with Gasteiger partial charge in [-0.1, -0.05) is 62.4 Å². The number of carbonyl (C=O) groups is 1. The van der Waals surface area contributed by atoms with Gasteiger partial charge in [0.2, 0.25) is 0 Å². The van der Waals surface area contributed by atoms with E-state index in [0.717, 1.165) is 40.5 Å². The number of hydrogen-bond donors (Lipinski definition) is 1. The number of fused-ring (bicyclic) bond motifs is 1. The number of carbonyl (C=O) groups excluding carboxylic acids is 1. The summed E-state index contributed by atoms with van der Waals surface area (Å²) in [7, 11) is -0.608. The number of para-hydroxylation sites is 1. The highest BCUT2D eigenvalue weighted by molar-refractivity contribution is 6.48. The summed E-state index contributed by atoms with van der Waals surface area (Å²) in [5.74, 6) is 0.568. The summed E-state index contributed by atoms with van der Waals surface area (Å²) in [5.41, 5.74) is 4.57. The van der Waals surface area contributed by atoms with Crippen LogP contribution >= 0.6 is 0 Å². The Balaban J connectivity index is 1.03. The smallest absolute Gasteiger partial charge is 0.464 e. The monoisotopic (exact) mass is 615 g/mol. The van der Waals surface area contributed by atoms with Gasteiger partial charge in [0.1, 0.15) is 11.7 Å². The molecule has 4 fully saturated rings. The molecule has 46 heavy (non-hydrogen) atoms. The van der Waals surface area contributed by atoms with Gasteiger partial charge in [-0.05, 0) is 84.4 Å². The van der Waals surface area contributed by atoms with E-state index in [9.17, 15) is 10.1 Å². The topological polar surface area (TPSA) is 107 Å². The number of furan rings is 1. The van der Waals surface area contributed by atoms with Gasteiger partial charge in [0.05, 0.1) is 41.8 Å². The van der Waals surface area contributed by atoms with Gasteiger partial charge in [0.25, 0.3) is 0 Å². The molecule has 0 spiro atoms. The highest BCUT2D eigenvalue weighted by atomic mass is 16.7. The number of benzene rings is 2.